The molecule has 0 spiro atoms. The number of hydrogen-bond acceptors (Lipinski definition) is 6. The van der Waals surface area contributed by atoms with Gasteiger partial charge < -0.3 is 4.74 Å². The van der Waals surface area contributed by atoms with Crippen molar-refractivity contribution in [2.24, 2.45) is 5.92 Å². The SMILES string of the molecule is COc1ccc(N2C(=O)CCS2(=O)=O)cc1S(=O)(=O)N1CCC[C@@H](C)C1. The number of piperidine rings is 1. The van der Waals surface area contributed by atoms with Gasteiger partial charge in [-0.2, -0.15) is 4.31 Å². The van der Waals surface area contributed by atoms with Gasteiger partial charge >= 0.3 is 0 Å². The van der Waals surface area contributed by atoms with Gasteiger partial charge in [-0.1, -0.05) is 6.92 Å². The molecule has 1 aromatic rings. The van der Waals surface area contributed by atoms with Crippen molar-refractivity contribution in [2.75, 3.05) is 30.3 Å². The van der Waals surface area contributed by atoms with Crippen molar-refractivity contribution in [1.82, 2.24) is 4.31 Å². The van der Waals surface area contributed by atoms with Crippen LogP contribution in [0.5, 0.6) is 5.75 Å². The number of benzene rings is 1. The standard InChI is InChI=1S/C16H22N2O6S2/c1-12-4-3-8-17(11-12)26(22,23)15-10-13(5-6-14(15)24-2)18-16(19)7-9-25(18,20)21/h5-6,10,12H,3-4,7-9,11H2,1-2H3/t12-/m1/s1. The van der Waals surface area contributed by atoms with Gasteiger partial charge in [0.15, 0.2) is 0 Å². The molecular formula is C16H22N2O6S2. The smallest absolute Gasteiger partial charge is 0.246 e. The maximum Gasteiger partial charge on any atom is 0.246 e. The highest BCUT2D eigenvalue weighted by Crippen LogP contribution is 2.35. The molecule has 10 heteroatoms. The van der Waals surface area contributed by atoms with Crippen LogP contribution in [0.2, 0.25) is 0 Å². The lowest BCUT2D eigenvalue weighted by atomic mass is 10.0. The van der Waals surface area contributed by atoms with Gasteiger partial charge in [-0.25, -0.2) is 21.1 Å². The van der Waals surface area contributed by atoms with Crippen molar-refractivity contribution < 1.29 is 26.4 Å². The molecule has 1 aromatic carbocycles. The van der Waals surface area contributed by atoms with E-state index in [1.54, 1.807) is 0 Å². The van der Waals surface area contributed by atoms with Gasteiger partial charge in [0, 0.05) is 19.5 Å². The minimum absolute atomic E-state index is 0.0249. The summed E-state index contributed by atoms with van der Waals surface area (Å²) in [5, 5.41) is 0. The van der Waals surface area contributed by atoms with Crippen LogP contribution in [-0.2, 0) is 24.8 Å². The van der Waals surface area contributed by atoms with Crippen LogP contribution in [0.15, 0.2) is 23.1 Å². The molecule has 3 rings (SSSR count). The molecule has 1 amide bonds. The summed E-state index contributed by atoms with van der Waals surface area (Å²) in [4.78, 5) is 11.9. The molecule has 2 fully saturated rings. The number of amides is 1. The first-order valence-electron chi connectivity index (χ1n) is 8.41. The summed E-state index contributed by atoms with van der Waals surface area (Å²) >= 11 is 0. The molecule has 26 heavy (non-hydrogen) atoms. The summed E-state index contributed by atoms with van der Waals surface area (Å²) in [6.45, 7) is 2.79. The van der Waals surface area contributed by atoms with E-state index in [2.05, 4.69) is 0 Å². The zero-order chi connectivity index (χ0) is 19.1. The number of ether oxygens (including phenoxy) is 1. The Morgan fingerprint density at radius 3 is 2.58 bits per heavy atom. The second-order valence-electron chi connectivity index (χ2n) is 6.67. The molecule has 2 aliphatic heterocycles. The van der Waals surface area contributed by atoms with Crippen LogP contribution in [0.3, 0.4) is 0 Å². The third-order valence-electron chi connectivity index (χ3n) is 4.70. The number of carbonyl (C=O) groups excluding carboxylic acids is 1. The van der Waals surface area contributed by atoms with Gasteiger partial charge in [-0.3, -0.25) is 4.79 Å². The number of hydrogen-bond donors (Lipinski definition) is 0. The number of rotatable bonds is 4. The van der Waals surface area contributed by atoms with Crippen molar-refractivity contribution in [3.05, 3.63) is 18.2 Å². The van der Waals surface area contributed by atoms with Crippen LogP contribution >= 0.6 is 0 Å². The molecule has 0 N–H and O–H groups in total. The highest BCUT2D eigenvalue weighted by atomic mass is 32.2. The molecule has 2 saturated heterocycles. The number of anilines is 1. The summed E-state index contributed by atoms with van der Waals surface area (Å²) in [5.74, 6) is -0.474. The van der Waals surface area contributed by atoms with Crippen LogP contribution in [0.25, 0.3) is 0 Å². The molecule has 0 radical (unpaired) electrons. The lowest BCUT2D eigenvalue weighted by Crippen LogP contribution is -2.39. The summed E-state index contributed by atoms with van der Waals surface area (Å²) in [6, 6.07) is 3.99. The summed E-state index contributed by atoms with van der Waals surface area (Å²) in [6.07, 6.45) is 1.62. The first kappa shape index (κ1) is 19.1. The van der Waals surface area contributed by atoms with E-state index in [1.165, 1.54) is 29.6 Å². The van der Waals surface area contributed by atoms with Crippen LogP contribution in [0.1, 0.15) is 26.2 Å². The summed E-state index contributed by atoms with van der Waals surface area (Å²) < 4.78 is 57.8. The topological polar surface area (TPSA) is 101 Å². The van der Waals surface area contributed by atoms with Crippen molar-refractivity contribution in [1.29, 1.82) is 0 Å². The van der Waals surface area contributed by atoms with E-state index in [0.717, 1.165) is 12.8 Å². The van der Waals surface area contributed by atoms with Crippen LogP contribution in [0, 0.1) is 5.92 Å². The Morgan fingerprint density at radius 1 is 1.27 bits per heavy atom. The number of carbonyl (C=O) groups is 1. The molecule has 1 atom stereocenters. The minimum atomic E-state index is -3.87. The lowest BCUT2D eigenvalue weighted by molar-refractivity contribution is -0.116. The number of sulfonamides is 2. The Morgan fingerprint density at radius 2 is 2.00 bits per heavy atom. The van der Waals surface area contributed by atoms with Crippen molar-refractivity contribution in [2.45, 2.75) is 31.1 Å². The molecule has 2 aliphatic rings. The average Bonchev–Trinajstić information content (AvgIpc) is 2.87. The molecule has 0 aliphatic carbocycles. The predicted molar refractivity (Wildman–Crippen MR) is 96.0 cm³/mol. The fraction of sp³-hybridized carbons (Fsp3) is 0.562. The van der Waals surface area contributed by atoms with E-state index in [0.29, 0.717) is 17.4 Å². The maximum absolute atomic E-state index is 13.1. The molecular weight excluding hydrogens is 380 g/mol. The normalized spacial score (nSPS) is 24.0. The molecule has 0 bridgehead atoms. The second-order valence-corrected chi connectivity index (χ2v) is 10.5. The van der Waals surface area contributed by atoms with Crippen molar-refractivity contribution in [3.8, 4) is 5.75 Å². The molecule has 144 valence electrons. The van der Waals surface area contributed by atoms with Gasteiger partial charge in [0.1, 0.15) is 10.6 Å². The predicted octanol–water partition coefficient (Wildman–Crippen LogP) is 1.18. The summed E-state index contributed by atoms with van der Waals surface area (Å²) in [5.41, 5.74) is 0.0249. The Balaban J connectivity index is 2.08. The Hall–Kier alpha value is -1.65. The van der Waals surface area contributed by atoms with E-state index in [-0.39, 0.29) is 34.4 Å². The largest absolute Gasteiger partial charge is 0.495 e. The minimum Gasteiger partial charge on any atom is -0.495 e. The van der Waals surface area contributed by atoms with Gasteiger partial charge in [0.25, 0.3) is 0 Å². The third-order valence-corrected chi connectivity index (χ3v) is 8.28. The molecule has 8 nitrogen and oxygen atoms in total. The molecule has 2 heterocycles. The van der Waals surface area contributed by atoms with E-state index in [1.807, 2.05) is 6.92 Å². The van der Waals surface area contributed by atoms with E-state index < -0.39 is 26.0 Å². The molecule has 0 aromatic heterocycles. The van der Waals surface area contributed by atoms with Gasteiger partial charge in [-0.05, 0) is 37.0 Å². The monoisotopic (exact) mass is 402 g/mol. The first-order valence-corrected chi connectivity index (χ1v) is 11.5. The average molecular weight is 402 g/mol. The van der Waals surface area contributed by atoms with E-state index in [4.69, 9.17) is 4.74 Å². The number of methoxy groups -OCH3 is 1. The fourth-order valence-electron chi connectivity index (χ4n) is 3.37. The van der Waals surface area contributed by atoms with E-state index in [9.17, 15) is 21.6 Å². The quantitative estimate of drug-likeness (QED) is 0.750. The highest BCUT2D eigenvalue weighted by Gasteiger charge is 2.38. The van der Waals surface area contributed by atoms with Crippen molar-refractivity contribution >= 4 is 31.6 Å². The first-order chi connectivity index (χ1) is 12.2. The number of nitrogens with zero attached hydrogens (tertiary/aromatic N) is 2. The zero-order valence-corrected chi connectivity index (χ0v) is 16.3. The van der Waals surface area contributed by atoms with E-state index >= 15 is 0 Å². The van der Waals surface area contributed by atoms with Crippen molar-refractivity contribution in [3.63, 3.8) is 0 Å². The highest BCUT2D eigenvalue weighted by molar-refractivity contribution is 7.94. The van der Waals surface area contributed by atoms with Gasteiger partial charge in [0.2, 0.25) is 26.0 Å². The van der Waals surface area contributed by atoms with Gasteiger partial charge in [0.05, 0.1) is 18.6 Å². The molecule has 0 saturated carbocycles. The second kappa shape index (κ2) is 6.82. The zero-order valence-electron chi connectivity index (χ0n) is 14.7. The maximum atomic E-state index is 13.1. The summed E-state index contributed by atoms with van der Waals surface area (Å²) in [7, 11) is -6.29. The van der Waals surface area contributed by atoms with Crippen LogP contribution in [-0.4, -0.2) is 53.0 Å². The van der Waals surface area contributed by atoms with Gasteiger partial charge in [-0.15, -0.1) is 0 Å². The lowest BCUT2D eigenvalue weighted by Gasteiger charge is -2.30. The molecule has 0 unspecified atom stereocenters. The Labute approximate surface area is 153 Å². The fourth-order valence-corrected chi connectivity index (χ4v) is 6.59. The van der Waals surface area contributed by atoms with Crippen LogP contribution < -0.4 is 9.04 Å². The van der Waals surface area contributed by atoms with Crippen LogP contribution in [0.4, 0.5) is 5.69 Å². The Kier molecular flexibility index (Phi) is 5.02. The third kappa shape index (κ3) is 3.33. The Bertz CT molecular complexity index is 926.